The van der Waals surface area contributed by atoms with Crippen LogP contribution in [0.15, 0.2) is 46.1 Å². The maximum Gasteiger partial charge on any atom is 0.247 e. The van der Waals surface area contributed by atoms with E-state index in [1.807, 2.05) is 30.5 Å². The minimum absolute atomic E-state index is 0.550. The number of nitrogens with zero attached hydrogens (tertiary/aromatic N) is 4. The molecule has 0 radical (unpaired) electrons. The highest BCUT2D eigenvalue weighted by atomic mass is 16.4. The molecule has 0 aliphatic carbocycles. The van der Waals surface area contributed by atoms with E-state index in [0.717, 1.165) is 23.4 Å². The highest BCUT2D eigenvalue weighted by Gasteiger charge is 2.19. The van der Waals surface area contributed by atoms with Gasteiger partial charge in [0.15, 0.2) is 0 Å². The first kappa shape index (κ1) is 13.8. The third kappa shape index (κ3) is 2.65. The molecule has 0 spiro atoms. The van der Waals surface area contributed by atoms with E-state index in [2.05, 4.69) is 34.0 Å². The van der Waals surface area contributed by atoms with Crippen LogP contribution >= 0.6 is 0 Å². The van der Waals surface area contributed by atoms with Gasteiger partial charge >= 0.3 is 0 Å². The predicted molar refractivity (Wildman–Crippen MR) is 87.9 cm³/mol. The molecular formula is C18H16N4O. The highest BCUT2D eigenvalue weighted by Crippen LogP contribution is 2.29. The summed E-state index contributed by atoms with van der Waals surface area (Å²) in [6.07, 6.45) is 5.08. The van der Waals surface area contributed by atoms with E-state index in [0.29, 0.717) is 18.2 Å². The number of aliphatic imine (C=N–C) groups is 1. The van der Waals surface area contributed by atoms with Gasteiger partial charge in [-0.15, -0.1) is 10.2 Å². The molecule has 4 rings (SSSR count). The minimum atomic E-state index is 0.550. The van der Waals surface area contributed by atoms with Crippen LogP contribution in [-0.2, 0) is 12.8 Å². The predicted octanol–water partition coefficient (Wildman–Crippen LogP) is 3.62. The fourth-order valence-corrected chi connectivity index (χ4v) is 2.73. The molecule has 2 aromatic heterocycles. The van der Waals surface area contributed by atoms with Gasteiger partial charge in [-0.3, -0.25) is 9.98 Å². The molecule has 3 aromatic rings. The van der Waals surface area contributed by atoms with Crippen LogP contribution in [-0.4, -0.2) is 20.9 Å². The van der Waals surface area contributed by atoms with Crippen molar-refractivity contribution in [3.05, 3.63) is 59.2 Å². The molecule has 0 unspecified atom stereocenters. The molecule has 5 heteroatoms. The first-order valence-corrected chi connectivity index (χ1v) is 7.58. The molecule has 0 bridgehead atoms. The van der Waals surface area contributed by atoms with Crippen molar-refractivity contribution in [2.75, 3.05) is 0 Å². The molecule has 1 aromatic carbocycles. The molecule has 5 nitrogen and oxygen atoms in total. The van der Waals surface area contributed by atoms with Crippen molar-refractivity contribution in [2.45, 2.75) is 26.7 Å². The quantitative estimate of drug-likeness (QED) is 0.741. The van der Waals surface area contributed by atoms with E-state index < -0.39 is 0 Å². The van der Waals surface area contributed by atoms with Crippen molar-refractivity contribution in [1.29, 1.82) is 0 Å². The lowest BCUT2D eigenvalue weighted by Crippen LogP contribution is -2.03. The van der Waals surface area contributed by atoms with Gasteiger partial charge in [-0.05, 0) is 37.1 Å². The van der Waals surface area contributed by atoms with Crippen LogP contribution in [0.3, 0.4) is 0 Å². The maximum absolute atomic E-state index is 5.78. The third-order valence-electron chi connectivity index (χ3n) is 4.03. The minimum Gasteiger partial charge on any atom is -0.420 e. The monoisotopic (exact) mass is 304 g/mol. The second kappa shape index (κ2) is 5.43. The molecule has 0 atom stereocenters. The standard InChI is InChI=1S/C18H16N4O/c1-11-3-5-13(6-4-11)18-22-21-17(23-18)8-14-7-15-12(2)9-19-10-16(15)20-14/h3-6,9-10H,7-8H2,1-2H3. The first-order chi connectivity index (χ1) is 11.2. The lowest BCUT2D eigenvalue weighted by atomic mass is 10.1. The number of hydrogen-bond acceptors (Lipinski definition) is 5. The molecule has 0 saturated heterocycles. The Morgan fingerprint density at radius 1 is 1.04 bits per heavy atom. The molecule has 114 valence electrons. The highest BCUT2D eigenvalue weighted by molar-refractivity contribution is 5.95. The lowest BCUT2D eigenvalue weighted by Gasteiger charge is -1.99. The van der Waals surface area contributed by atoms with E-state index >= 15 is 0 Å². The third-order valence-corrected chi connectivity index (χ3v) is 4.03. The molecule has 1 aliphatic rings. The van der Waals surface area contributed by atoms with Gasteiger partial charge in [0, 0.05) is 23.9 Å². The number of pyridine rings is 1. The molecule has 3 heterocycles. The Bertz CT molecular complexity index is 894. The van der Waals surface area contributed by atoms with Gasteiger partial charge in [0.25, 0.3) is 0 Å². The zero-order chi connectivity index (χ0) is 15.8. The van der Waals surface area contributed by atoms with Gasteiger partial charge in [-0.2, -0.15) is 0 Å². The Labute approximate surface area is 134 Å². The van der Waals surface area contributed by atoms with E-state index in [4.69, 9.17) is 4.42 Å². The molecular weight excluding hydrogens is 288 g/mol. The zero-order valence-corrected chi connectivity index (χ0v) is 13.1. The fraction of sp³-hybridized carbons (Fsp3) is 0.222. The largest absolute Gasteiger partial charge is 0.420 e. The van der Waals surface area contributed by atoms with Crippen molar-refractivity contribution in [3.63, 3.8) is 0 Å². The topological polar surface area (TPSA) is 64.2 Å². The lowest BCUT2D eigenvalue weighted by molar-refractivity contribution is 0.524. The summed E-state index contributed by atoms with van der Waals surface area (Å²) in [7, 11) is 0. The van der Waals surface area contributed by atoms with Gasteiger partial charge in [-0.25, -0.2) is 0 Å². The second-order valence-corrected chi connectivity index (χ2v) is 5.85. The van der Waals surface area contributed by atoms with Gasteiger partial charge in [0.2, 0.25) is 11.8 Å². The summed E-state index contributed by atoms with van der Waals surface area (Å²) in [5.74, 6) is 1.15. The average molecular weight is 304 g/mol. The summed E-state index contributed by atoms with van der Waals surface area (Å²) < 4.78 is 5.78. The Morgan fingerprint density at radius 2 is 1.87 bits per heavy atom. The van der Waals surface area contributed by atoms with Crippen molar-refractivity contribution in [2.24, 2.45) is 4.99 Å². The summed E-state index contributed by atoms with van der Waals surface area (Å²) >= 11 is 0. The molecule has 0 fully saturated rings. The van der Waals surface area contributed by atoms with Gasteiger partial charge in [0.05, 0.1) is 18.3 Å². The van der Waals surface area contributed by atoms with Crippen LogP contribution in [0.1, 0.15) is 22.6 Å². The number of fused-ring (bicyclic) bond motifs is 1. The van der Waals surface area contributed by atoms with Crippen LogP contribution in [0.2, 0.25) is 0 Å². The molecule has 0 saturated carbocycles. The van der Waals surface area contributed by atoms with Gasteiger partial charge < -0.3 is 4.42 Å². The molecule has 23 heavy (non-hydrogen) atoms. The SMILES string of the molecule is Cc1ccc(-c2nnc(CC3=Nc4cncc(C)c4C3)o2)cc1. The van der Waals surface area contributed by atoms with Crippen LogP contribution in [0.25, 0.3) is 11.5 Å². The summed E-state index contributed by atoms with van der Waals surface area (Å²) in [4.78, 5) is 8.82. The van der Waals surface area contributed by atoms with E-state index in [1.165, 1.54) is 16.7 Å². The number of benzene rings is 1. The Balaban J connectivity index is 1.53. The van der Waals surface area contributed by atoms with Crippen molar-refractivity contribution < 1.29 is 4.42 Å². The number of aromatic nitrogens is 3. The fourth-order valence-electron chi connectivity index (χ4n) is 2.73. The number of aryl methyl sites for hydroxylation is 2. The number of rotatable bonds is 3. The van der Waals surface area contributed by atoms with E-state index in [9.17, 15) is 0 Å². The second-order valence-electron chi connectivity index (χ2n) is 5.85. The summed E-state index contributed by atoms with van der Waals surface area (Å²) in [5, 5.41) is 8.29. The molecule has 0 N–H and O–H groups in total. The maximum atomic E-state index is 5.78. The Hall–Kier alpha value is -2.82. The summed E-state index contributed by atoms with van der Waals surface area (Å²) in [6.45, 7) is 4.11. The Kier molecular flexibility index (Phi) is 3.26. The van der Waals surface area contributed by atoms with Gasteiger partial charge in [-0.1, -0.05) is 17.7 Å². The normalized spacial score (nSPS) is 13.0. The first-order valence-electron chi connectivity index (χ1n) is 7.58. The van der Waals surface area contributed by atoms with Crippen LogP contribution in [0.5, 0.6) is 0 Å². The van der Waals surface area contributed by atoms with Crippen LogP contribution < -0.4 is 0 Å². The Morgan fingerprint density at radius 3 is 2.65 bits per heavy atom. The van der Waals surface area contributed by atoms with Crippen LogP contribution in [0.4, 0.5) is 5.69 Å². The molecule has 0 amide bonds. The smallest absolute Gasteiger partial charge is 0.247 e. The summed E-state index contributed by atoms with van der Waals surface area (Å²) in [6, 6.07) is 8.05. The molecule has 1 aliphatic heterocycles. The summed E-state index contributed by atoms with van der Waals surface area (Å²) in [5.41, 5.74) is 6.55. The van der Waals surface area contributed by atoms with Crippen molar-refractivity contribution in [1.82, 2.24) is 15.2 Å². The van der Waals surface area contributed by atoms with Crippen molar-refractivity contribution in [3.8, 4) is 11.5 Å². The van der Waals surface area contributed by atoms with Crippen LogP contribution in [0, 0.1) is 13.8 Å². The van der Waals surface area contributed by atoms with Crippen molar-refractivity contribution >= 4 is 11.4 Å². The van der Waals surface area contributed by atoms with E-state index in [1.54, 1.807) is 6.20 Å². The number of hydrogen-bond donors (Lipinski definition) is 0. The van der Waals surface area contributed by atoms with E-state index in [-0.39, 0.29) is 0 Å². The average Bonchev–Trinajstić information content (AvgIpc) is 3.16. The zero-order valence-electron chi connectivity index (χ0n) is 13.1. The van der Waals surface area contributed by atoms with Gasteiger partial charge in [0.1, 0.15) is 0 Å².